The number of nitrogens with two attached hydrogens (primary N) is 1. The Morgan fingerprint density at radius 1 is 0.500 bits per heavy atom. The summed E-state index contributed by atoms with van der Waals surface area (Å²) < 4.78 is 0. The molecule has 0 saturated carbocycles. The summed E-state index contributed by atoms with van der Waals surface area (Å²) >= 11 is 0. The molecule has 0 heterocycles. The second-order valence-corrected chi connectivity index (χ2v) is 9.68. The van der Waals surface area contributed by atoms with Crippen molar-refractivity contribution >= 4 is 0 Å². The zero-order valence-corrected chi connectivity index (χ0v) is 21.3. The molecular weight excluding hydrogens is 362 g/mol. The van der Waals surface area contributed by atoms with Crippen LogP contribution in [0.25, 0.3) is 0 Å². The third-order valence-corrected chi connectivity index (χ3v) is 6.60. The van der Waals surface area contributed by atoms with Gasteiger partial charge in [0.25, 0.3) is 0 Å². The first kappa shape index (κ1) is 29.5. The summed E-state index contributed by atoms with van der Waals surface area (Å²) in [6.07, 6.45) is 30.8. The van der Waals surface area contributed by atoms with Crippen LogP contribution in [0.3, 0.4) is 0 Å². The standard InChI is InChI=1S/C29H57N/c1-4-7-9-11-13-15-17-18-20-22-24-26-28-29(30,6-3)27-25-23-21-19-16-14-12-10-8-5-2/h4-25,27,30H2,1-3H3. The minimum atomic E-state index is -0.237. The average molecular weight is 420 g/mol. The van der Waals surface area contributed by atoms with Gasteiger partial charge in [-0.1, -0.05) is 149 Å². The zero-order chi connectivity index (χ0) is 22.2. The van der Waals surface area contributed by atoms with Crippen LogP contribution in [0.5, 0.6) is 0 Å². The van der Waals surface area contributed by atoms with Crippen molar-refractivity contribution in [3.63, 3.8) is 0 Å². The molecule has 0 bridgehead atoms. The molecule has 1 heteroatoms. The first-order valence-electron chi connectivity index (χ1n) is 14.0. The Hall–Kier alpha value is -0.480. The maximum Gasteiger partial charge on any atom is 0.0773 e. The van der Waals surface area contributed by atoms with Gasteiger partial charge in [0.2, 0.25) is 0 Å². The normalized spacial score (nSPS) is 13.1. The molecule has 1 nitrogen and oxygen atoms in total. The van der Waals surface area contributed by atoms with Gasteiger partial charge >= 0.3 is 0 Å². The molecule has 0 aromatic carbocycles. The molecule has 0 saturated heterocycles. The van der Waals surface area contributed by atoms with Crippen molar-refractivity contribution in [1.82, 2.24) is 0 Å². The summed E-state index contributed by atoms with van der Waals surface area (Å²) in [5, 5.41) is 0. The van der Waals surface area contributed by atoms with Gasteiger partial charge in [-0.3, -0.25) is 0 Å². The second-order valence-electron chi connectivity index (χ2n) is 9.68. The topological polar surface area (TPSA) is 26.0 Å². The highest BCUT2D eigenvalue weighted by atomic mass is 14.7. The van der Waals surface area contributed by atoms with Gasteiger partial charge in [0.15, 0.2) is 0 Å². The molecule has 0 rings (SSSR count). The predicted octanol–water partition coefficient (Wildman–Crippen LogP) is 9.72. The summed E-state index contributed by atoms with van der Waals surface area (Å²) in [6.45, 7) is 6.78. The lowest BCUT2D eigenvalue weighted by Gasteiger charge is -2.21. The van der Waals surface area contributed by atoms with Gasteiger partial charge in [0.1, 0.15) is 0 Å². The summed E-state index contributed by atoms with van der Waals surface area (Å²) in [6, 6.07) is 0. The molecule has 30 heavy (non-hydrogen) atoms. The quantitative estimate of drug-likeness (QED) is 0.137. The van der Waals surface area contributed by atoms with Crippen molar-refractivity contribution in [1.29, 1.82) is 0 Å². The monoisotopic (exact) mass is 419 g/mol. The lowest BCUT2D eigenvalue weighted by molar-refractivity contribution is 0.450. The second kappa shape index (κ2) is 23.2. The van der Waals surface area contributed by atoms with E-state index in [9.17, 15) is 0 Å². The zero-order valence-electron chi connectivity index (χ0n) is 21.3. The molecule has 0 aliphatic carbocycles. The third-order valence-electron chi connectivity index (χ3n) is 6.60. The van der Waals surface area contributed by atoms with Crippen LogP contribution < -0.4 is 5.73 Å². The van der Waals surface area contributed by atoms with Crippen LogP contribution >= 0.6 is 0 Å². The van der Waals surface area contributed by atoms with Crippen LogP contribution in [0.1, 0.15) is 168 Å². The van der Waals surface area contributed by atoms with Crippen molar-refractivity contribution < 1.29 is 0 Å². The van der Waals surface area contributed by atoms with Gasteiger partial charge < -0.3 is 5.73 Å². The van der Waals surface area contributed by atoms with Crippen LogP contribution in [-0.4, -0.2) is 5.54 Å². The predicted molar refractivity (Wildman–Crippen MR) is 138 cm³/mol. The van der Waals surface area contributed by atoms with E-state index in [1.165, 1.54) is 128 Å². The van der Waals surface area contributed by atoms with E-state index in [1.807, 2.05) is 0 Å². The first-order chi connectivity index (χ1) is 14.7. The molecule has 1 unspecified atom stereocenters. The van der Waals surface area contributed by atoms with E-state index >= 15 is 0 Å². The van der Waals surface area contributed by atoms with E-state index in [1.54, 1.807) is 0 Å². The first-order valence-corrected chi connectivity index (χ1v) is 14.0. The maximum absolute atomic E-state index is 6.56. The Balaban J connectivity index is 3.60. The van der Waals surface area contributed by atoms with E-state index in [0.29, 0.717) is 0 Å². The Morgan fingerprint density at radius 2 is 0.867 bits per heavy atom. The minimum absolute atomic E-state index is 0.237. The molecule has 0 aliphatic heterocycles. The number of hydrogen-bond acceptors (Lipinski definition) is 1. The van der Waals surface area contributed by atoms with Gasteiger partial charge in [-0.25, -0.2) is 0 Å². The Labute approximate surface area is 191 Å². The van der Waals surface area contributed by atoms with E-state index in [4.69, 9.17) is 5.73 Å². The maximum atomic E-state index is 6.56. The largest absolute Gasteiger partial charge is 0.315 e. The smallest absolute Gasteiger partial charge is 0.0773 e. The molecule has 0 spiro atoms. The Morgan fingerprint density at radius 3 is 1.27 bits per heavy atom. The van der Waals surface area contributed by atoms with Gasteiger partial charge in [-0.15, -0.1) is 5.92 Å². The minimum Gasteiger partial charge on any atom is -0.315 e. The van der Waals surface area contributed by atoms with Crippen molar-refractivity contribution in [2.24, 2.45) is 5.73 Å². The van der Waals surface area contributed by atoms with Crippen LogP contribution in [0.2, 0.25) is 0 Å². The van der Waals surface area contributed by atoms with Gasteiger partial charge in [0.05, 0.1) is 5.54 Å². The molecule has 0 amide bonds. The molecule has 0 radical (unpaired) electrons. The van der Waals surface area contributed by atoms with Crippen LogP contribution in [0.4, 0.5) is 0 Å². The highest BCUT2D eigenvalue weighted by Gasteiger charge is 2.18. The van der Waals surface area contributed by atoms with Crippen molar-refractivity contribution in [3.05, 3.63) is 0 Å². The van der Waals surface area contributed by atoms with E-state index in [0.717, 1.165) is 19.3 Å². The van der Waals surface area contributed by atoms with Crippen molar-refractivity contribution in [2.75, 3.05) is 0 Å². The number of rotatable bonds is 22. The van der Waals surface area contributed by atoms with Gasteiger partial charge in [0, 0.05) is 6.42 Å². The fourth-order valence-electron chi connectivity index (χ4n) is 4.19. The SMILES string of the molecule is CCCCCCCCCCCCC#CC(N)(CC)CCCCCCCCCCCC. The highest BCUT2D eigenvalue weighted by Crippen LogP contribution is 2.18. The summed E-state index contributed by atoms with van der Waals surface area (Å²) in [5.41, 5.74) is 6.33. The van der Waals surface area contributed by atoms with Gasteiger partial charge in [-0.2, -0.15) is 0 Å². The van der Waals surface area contributed by atoms with Crippen LogP contribution in [0, 0.1) is 11.8 Å². The Bertz CT molecular complexity index is 391. The molecule has 0 aromatic heterocycles. The number of hydrogen-bond donors (Lipinski definition) is 1. The van der Waals surface area contributed by atoms with E-state index < -0.39 is 0 Å². The van der Waals surface area contributed by atoms with E-state index in [-0.39, 0.29) is 5.54 Å². The lowest BCUT2D eigenvalue weighted by atomic mass is 9.90. The van der Waals surface area contributed by atoms with Crippen molar-refractivity contribution in [2.45, 2.75) is 174 Å². The van der Waals surface area contributed by atoms with Crippen LogP contribution in [-0.2, 0) is 0 Å². The summed E-state index contributed by atoms with van der Waals surface area (Å²) in [5.74, 6) is 6.85. The number of unbranched alkanes of at least 4 members (excludes halogenated alkanes) is 19. The van der Waals surface area contributed by atoms with Gasteiger partial charge in [-0.05, 0) is 19.3 Å². The molecule has 2 N–H and O–H groups in total. The molecule has 0 aliphatic rings. The van der Waals surface area contributed by atoms with Crippen LogP contribution in [0.15, 0.2) is 0 Å². The third kappa shape index (κ3) is 20.8. The molecule has 1 atom stereocenters. The summed E-state index contributed by atoms with van der Waals surface area (Å²) in [7, 11) is 0. The molecule has 178 valence electrons. The fourth-order valence-corrected chi connectivity index (χ4v) is 4.19. The average Bonchev–Trinajstić information content (AvgIpc) is 2.76. The Kier molecular flexibility index (Phi) is 22.8. The lowest BCUT2D eigenvalue weighted by Crippen LogP contribution is -2.37. The molecule has 0 aromatic rings. The molecular formula is C29H57N. The highest BCUT2D eigenvalue weighted by molar-refractivity contribution is 5.16. The van der Waals surface area contributed by atoms with Crippen molar-refractivity contribution in [3.8, 4) is 11.8 Å². The molecule has 0 fully saturated rings. The summed E-state index contributed by atoms with van der Waals surface area (Å²) in [4.78, 5) is 0. The van der Waals surface area contributed by atoms with E-state index in [2.05, 4.69) is 32.6 Å². The fraction of sp³-hybridized carbons (Fsp3) is 0.931.